The van der Waals surface area contributed by atoms with Crippen LogP contribution in [-0.4, -0.2) is 20.1 Å². The molecule has 0 spiro atoms. The molecule has 2 heteroatoms. The van der Waals surface area contributed by atoms with Crippen LogP contribution in [0.5, 0.6) is 0 Å². The molecule has 2 aliphatic rings. The van der Waals surface area contributed by atoms with Gasteiger partial charge in [0.25, 0.3) is 0 Å². The molecule has 17 heavy (non-hydrogen) atoms. The molecule has 1 heterocycles. The van der Waals surface area contributed by atoms with E-state index in [9.17, 15) is 0 Å². The molecule has 1 atom stereocenters. The van der Waals surface area contributed by atoms with Crippen LogP contribution in [-0.2, 0) is 6.42 Å². The van der Waals surface area contributed by atoms with Crippen LogP contribution in [0.2, 0.25) is 0 Å². The molecule has 1 aliphatic carbocycles. The fourth-order valence-corrected chi connectivity index (χ4v) is 2.87. The Kier molecular flexibility index (Phi) is 2.83. The zero-order chi connectivity index (χ0) is 11.8. The molecular weight excluding hydrogens is 208 g/mol. The highest BCUT2D eigenvalue weighted by molar-refractivity contribution is 5.64. The predicted octanol–water partition coefficient (Wildman–Crippen LogP) is 2.74. The summed E-state index contributed by atoms with van der Waals surface area (Å²) in [6, 6.07) is 7.24. The van der Waals surface area contributed by atoms with E-state index in [4.69, 9.17) is 0 Å². The van der Waals surface area contributed by atoms with Gasteiger partial charge in [-0.2, -0.15) is 0 Å². The van der Waals surface area contributed by atoms with Crippen molar-refractivity contribution in [3.05, 3.63) is 29.3 Å². The highest BCUT2D eigenvalue weighted by Gasteiger charge is 2.29. The second-order valence-corrected chi connectivity index (χ2v) is 5.50. The average molecular weight is 230 g/mol. The van der Waals surface area contributed by atoms with Crippen LogP contribution in [0.1, 0.15) is 36.9 Å². The molecule has 1 N–H and O–H groups in total. The minimum absolute atomic E-state index is 0.449. The Morgan fingerprint density at radius 2 is 2.24 bits per heavy atom. The van der Waals surface area contributed by atoms with E-state index < -0.39 is 0 Å². The van der Waals surface area contributed by atoms with E-state index in [-0.39, 0.29) is 0 Å². The monoisotopic (exact) mass is 230 g/mol. The van der Waals surface area contributed by atoms with Crippen LogP contribution in [0.15, 0.2) is 18.2 Å². The van der Waals surface area contributed by atoms with Crippen molar-refractivity contribution in [1.82, 2.24) is 5.32 Å². The number of rotatable bonds is 4. The van der Waals surface area contributed by atoms with Crippen molar-refractivity contribution in [1.29, 1.82) is 0 Å². The van der Waals surface area contributed by atoms with Gasteiger partial charge >= 0.3 is 0 Å². The number of anilines is 1. The Balaban J connectivity index is 1.92. The van der Waals surface area contributed by atoms with Crippen molar-refractivity contribution in [3.8, 4) is 0 Å². The van der Waals surface area contributed by atoms with Gasteiger partial charge < -0.3 is 10.2 Å². The number of hydrogen-bond donors (Lipinski definition) is 1. The first-order valence-corrected chi connectivity index (χ1v) is 6.83. The minimum atomic E-state index is 0.449. The van der Waals surface area contributed by atoms with Gasteiger partial charge in [-0.3, -0.25) is 0 Å². The number of para-hydroxylation sites is 1. The quantitative estimate of drug-likeness (QED) is 0.855. The summed E-state index contributed by atoms with van der Waals surface area (Å²) in [5.74, 6) is 0.971. The van der Waals surface area contributed by atoms with Crippen LogP contribution in [0.4, 0.5) is 5.69 Å². The van der Waals surface area contributed by atoms with Gasteiger partial charge in [-0.1, -0.05) is 18.2 Å². The number of nitrogens with zero attached hydrogens (tertiary/aromatic N) is 1. The summed E-state index contributed by atoms with van der Waals surface area (Å²) in [5, 5.41) is 3.37. The topological polar surface area (TPSA) is 15.3 Å². The van der Waals surface area contributed by atoms with Crippen molar-refractivity contribution in [2.75, 3.05) is 25.0 Å². The normalized spacial score (nSPS) is 20.5. The number of nitrogens with one attached hydrogen (secondary N) is 1. The lowest BCUT2D eigenvalue weighted by Gasteiger charge is -2.24. The third-order valence-electron chi connectivity index (χ3n) is 4.19. The average Bonchev–Trinajstić information content (AvgIpc) is 3.08. The Morgan fingerprint density at radius 3 is 2.94 bits per heavy atom. The highest BCUT2D eigenvalue weighted by atomic mass is 15.2. The Morgan fingerprint density at radius 1 is 1.41 bits per heavy atom. The van der Waals surface area contributed by atoms with Crippen molar-refractivity contribution in [3.63, 3.8) is 0 Å². The maximum absolute atomic E-state index is 3.37. The number of hydrogen-bond acceptors (Lipinski definition) is 2. The molecule has 1 aromatic rings. The van der Waals surface area contributed by atoms with E-state index in [1.807, 2.05) is 7.05 Å². The van der Waals surface area contributed by atoms with Gasteiger partial charge in [0, 0.05) is 24.8 Å². The van der Waals surface area contributed by atoms with E-state index in [2.05, 4.69) is 35.3 Å². The van der Waals surface area contributed by atoms with Crippen molar-refractivity contribution < 1.29 is 0 Å². The lowest BCUT2D eigenvalue weighted by Crippen LogP contribution is -2.25. The Hall–Kier alpha value is -1.02. The summed E-state index contributed by atoms with van der Waals surface area (Å²) < 4.78 is 0. The van der Waals surface area contributed by atoms with Gasteiger partial charge in [0.2, 0.25) is 0 Å². The first kappa shape index (κ1) is 11.1. The van der Waals surface area contributed by atoms with Gasteiger partial charge in [-0.05, 0) is 50.3 Å². The fraction of sp³-hybridized carbons (Fsp3) is 0.600. The SMILES string of the molecule is CNC(C)c1cccc2c1N(CC1CC1)CC2. The first-order valence-electron chi connectivity index (χ1n) is 6.83. The van der Waals surface area contributed by atoms with Gasteiger partial charge in [0.15, 0.2) is 0 Å². The molecule has 1 aromatic carbocycles. The first-order chi connectivity index (χ1) is 8.29. The Bertz CT molecular complexity index is 409. The molecule has 0 aromatic heterocycles. The summed E-state index contributed by atoms with van der Waals surface area (Å²) in [4.78, 5) is 2.62. The molecular formula is C15H22N2. The molecule has 0 radical (unpaired) electrons. The van der Waals surface area contributed by atoms with E-state index in [0.29, 0.717) is 6.04 Å². The van der Waals surface area contributed by atoms with Crippen LogP contribution >= 0.6 is 0 Å². The van der Waals surface area contributed by atoms with Crippen molar-refractivity contribution >= 4 is 5.69 Å². The lowest BCUT2D eigenvalue weighted by molar-refractivity contribution is 0.647. The maximum atomic E-state index is 3.37. The van der Waals surface area contributed by atoms with Crippen molar-refractivity contribution in [2.45, 2.75) is 32.2 Å². The maximum Gasteiger partial charge on any atom is 0.0448 e. The molecule has 3 rings (SSSR count). The number of benzene rings is 1. The van der Waals surface area contributed by atoms with Gasteiger partial charge in [-0.25, -0.2) is 0 Å². The van der Waals surface area contributed by atoms with E-state index in [1.165, 1.54) is 43.6 Å². The van der Waals surface area contributed by atoms with Gasteiger partial charge in [0.1, 0.15) is 0 Å². The molecule has 1 saturated carbocycles. The molecule has 2 nitrogen and oxygen atoms in total. The zero-order valence-electron chi connectivity index (χ0n) is 10.9. The Labute approximate surface area is 104 Å². The molecule has 0 saturated heterocycles. The van der Waals surface area contributed by atoms with Gasteiger partial charge in [0.05, 0.1) is 0 Å². The zero-order valence-corrected chi connectivity index (χ0v) is 10.9. The molecule has 0 bridgehead atoms. The predicted molar refractivity (Wildman–Crippen MR) is 72.6 cm³/mol. The standard InChI is InChI=1S/C15H22N2/c1-11(16-2)14-5-3-4-13-8-9-17(15(13)14)10-12-6-7-12/h3-5,11-12,16H,6-10H2,1-2H3. The van der Waals surface area contributed by atoms with Crippen LogP contribution in [0, 0.1) is 5.92 Å². The summed E-state index contributed by atoms with van der Waals surface area (Å²) in [6.45, 7) is 4.75. The van der Waals surface area contributed by atoms with E-state index in [0.717, 1.165) is 5.92 Å². The summed E-state index contributed by atoms with van der Waals surface area (Å²) in [7, 11) is 2.05. The van der Waals surface area contributed by atoms with Crippen LogP contribution < -0.4 is 10.2 Å². The summed E-state index contributed by atoms with van der Waals surface area (Å²) >= 11 is 0. The second kappa shape index (κ2) is 4.34. The molecule has 1 unspecified atom stereocenters. The van der Waals surface area contributed by atoms with Crippen LogP contribution in [0.3, 0.4) is 0 Å². The smallest absolute Gasteiger partial charge is 0.0448 e. The van der Waals surface area contributed by atoms with E-state index in [1.54, 1.807) is 5.56 Å². The molecule has 92 valence electrons. The third-order valence-corrected chi connectivity index (χ3v) is 4.19. The summed E-state index contributed by atoms with van der Waals surface area (Å²) in [6.07, 6.45) is 4.11. The molecule has 0 amide bonds. The lowest BCUT2D eigenvalue weighted by atomic mass is 10.0. The largest absolute Gasteiger partial charge is 0.370 e. The highest BCUT2D eigenvalue weighted by Crippen LogP contribution is 2.38. The third kappa shape index (κ3) is 2.06. The second-order valence-electron chi connectivity index (χ2n) is 5.50. The van der Waals surface area contributed by atoms with Crippen molar-refractivity contribution in [2.24, 2.45) is 5.92 Å². The van der Waals surface area contributed by atoms with Crippen LogP contribution in [0.25, 0.3) is 0 Å². The fourth-order valence-electron chi connectivity index (χ4n) is 2.87. The molecule has 1 fully saturated rings. The summed E-state index contributed by atoms with van der Waals surface area (Å²) in [5.41, 5.74) is 4.55. The van der Waals surface area contributed by atoms with Gasteiger partial charge in [-0.15, -0.1) is 0 Å². The molecule has 1 aliphatic heterocycles. The minimum Gasteiger partial charge on any atom is -0.370 e. The number of fused-ring (bicyclic) bond motifs is 1. The van der Waals surface area contributed by atoms with E-state index >= 15 is 0 Å².